The quantitative estimate of drug-likeness (QED) is 0.576. The topological polar surface area (TPSA) is 80.7 Å². The highest BCUT2D eigenvalue weighted by molar-refractivity contribution is 6.06. The lowest BCUT2D eigenvalue weighted by Crippen LogP contribution is -2.49. The van der Waals surface area contributed by atoms with E-state index in [4.69, 9.17) is 4.74 Å². The van der Waals surface area contributed by atoms with Gasteiger partial charge in [0.15, 0.2) is 0 Å². The summed E-state index contributed by atoms with van der Waals surface area (Å²) in [5, 5.41) is 9.92. The highest BCUT2D eigenvalue weighted by Crippen LogP contribution is 2.59. The standard InChI is InChI=1S/C16H14O5/c1-5-3-7-8(4-9(5)17)11-13-12(15(19)21-16(13)20)10(7)6(2)14(11)18/h3-4,6,10-13,17H,1-2H3. The monoisotopic (exact) mass is 286 g/mol. The number of phenols is 1. The second-order valence-electron chi connectivity index (χ2n) is 6.25. The van der Waals surface area contributed by atoms with Crippen molar-refractivity contribution >= 4 is 17.7 Å². The number of hydrogen-bond donors (Lipinski definition) is 1. The van der Waals surface area contributed by atoms with Crippen molar-refractivity contribution in [1.82, 2.24) is 0 Å². The molecular weight excluding hydrogens is 272 g/mol. The summed E-state index contributed by atoms with van der Waals surface area (Å²) in [5.74, 6) is -3.66. The lowest BCUT2D eigenvalue weighted by atomic mass is 9.53. The maximum Gasteiger partial charge on any atom is 0.318 e. The van der Waals surface area contributed by atoms with Crippen LogP contribution in [0.2, 0.25) is 0 Å². The van der Waals surface area contributed by atoms with E-state index in [1.807, 2.05) is 6.07 Å². The van der Waals surface area contributed by atoms with Crippen LogP contribution in [0.1, 0.15) is 35.4 Å². The van der Waals surface area contributed by atoms with Crippen molar-refractivity contribution in [2.75, 3.05) is 0 Å². The van der Waals surface area contributed by atoms with E-state index in [1.165, 1.54) is 0 Å². The van der Waals surface area contributed by atoms with Gasteiger partial charge < -0.3 is 9.84 Å². The van der Waals surface area contributed by atoms with Gasteiger partial charge in [0.1, 0.15) is 11.5 Å². The van der Waals surface area contributed by atoms with Crippen molar-refractivity contribution in [2.45, 2.75) is 25.7 Å². The summed E-state index contributed by atoms with van der Waals surface area (Å²) in [6.45, 7) is 3.58. The van der Waals surface area contributed by atoms with Crippen LogP contribution < -0.4 is 0 Å². The number of Topliss-reactive ketones (excluding diaryl/α,β-unsaturated/α-hetero) is 1. The Hall–Kier alpha value is -2.17. The van der Waals surface area contributed by atoms with Crippen LogP contribution in [0.3, 0.4) is 0 Å². The minimum Gasteiger partial charge on any atom is -0.508 e. The average molecular weight is 286 g/mol. The van der Waals surface area contributed by atoms with E-state index in [-0.39, 0.29) is 23.4 Å². The normalized spacial score (nSPS) is 36.5. The Bertz CT molecular complexity index is 720. The van der Waals surface area contributed by atoms with Crippen molar-refractivity contribution in [3.63, 3.8) is 0 Å². The van der Waals surface area contributed by atoms with Crippen LogP contribution in [0.4, 0.5) is 0 Å². The summed E-state index contributed by atoms with van der Waals surface area (Å²) in [4.78, 5) is 36.5. The zero-order valence-electron chi connectivity index (χ0n) is 11.6. The molecule has 108 valence electrons. The van der Waals surface area contributed by atoms with Crippen LogP contribution in [-0.2, 0) is 19.1 Å². The maximum absolute atomic E-state index is 12.5. The largest absolute Gasteiger partial charge is 0.508 e. The zero-order valence-corrected chi connectivity index (χ0v) is 11.6. The molecule has 5 rings (SSSR count). The second kappa shape index (κ2) is 3.72. The number of fused-ring (bicyclic) bond motifs is 1. The van der Waals surface area contributed by atoms with E-state index in [2.05, 4.69) is 0 Å². The molecule has 1 N–H and O–H groups in total. The fourth-order valence-corrected chi connectivity index (χ4v) is 4.29. The summed E-state index contributed by atoms with van der Waals surface area (Å²) in [6.07, 6.45) is 0. The molecule has 5 heteroatoms. The summed E-state index contributed by atoms with van der Waals surface area (Å²) >= 11 is 0. The third kappa shape index (κ3) is 1.34. The predicted octanol–water partition coefficient (Wildman–Crippen LogP) is 1.42. The van der Waals surface area contributed by atoms with Crippen LogP contribution in [0.15, 0.2) is 12.1 Å². The number of esters is 2. The predicted molar refractivity (Wildman–Crippen MR) is 70.6 cm³/mol. The van der Waals surface area contributed by atoms with E-state index in [9.17, 15) is 19.5 Å². The third-order valence-electron chi connectivity index (χ3n) is 5.27. The molecular formula is C16H14O5. The first kappa shape index (κ1) is 12.6. The molecule has 1 aliphatic heterocycles. The number of aromatic hydroxyl groups is 1. The van der Waals surface area contributed by atoms with Crippen molar-refractivity contribution < 1.29 is 24.2 Å². The van der Waals surface area contributed by atoms with E-state index >= 15 is 0 Å². The summed E-state index contributed by atoms with van der Waals surface area (Å²) < 4.78 is 4.78. The molecule has 5 atom stereocenters. The molecule has 0 radical (unpaired) electrons. The number of carbonyl (C=O) groups excluding carboxylic acids is 3. The van der Waals surface area contributed by atoms with Crippen molar-refractivity contribution in [1.29, 1.82) is 0 Å². The Balaban J connectivity index is 2.01. The van der Waals surface area contributed by atoms with Gasteiger partial charge >= 0.3 is 11.9 Å². The van der Waals surface area contributed by atoms with Crippen LogP contribution in [0.25, 0.3) is 0 Å². The fourth-order valence-electron chi connectivity index (χ4n) is 4.29. The molecule has 1 aromatic rings. The summed E-state index contributed by atoms with van der Waals surface area (Å²) in [7, 11) is 0. The number of phenolic OH excluding ortho intramolecular Hbond substituents is 1. The van der Waals surface area contributed by atoms with Gasteiger partial charge in [0.05, 0.1) is 17.8 Å². The molecule has 3 aliphatic carbocycles. The summed E-state index contributed by atoms with van der Waals surface area (Å²) in [5.41, 5.74) is 2.28. The van der Waals surface area contributed by atoms with Gasteiger partial charge in [-0.05, 0) is 29.7 Å². The van der Waals surface area contributed by atoms with Crippen molar-refractivity contribution in [2.24, 2.45) is 17.8 Å². The molecule has 4 aliphatic rings. The molecule has 1 heterocycles. The average Bonchev–Trinajstić information content (AvgIpc) is 2.71. The SMILES string of the molecule is Cc1cc2c(cc1O)C1C(=O)C(C)C2C2C(=O)OC(=O)C12. The highest BCUT2D eigenvalue weighted by Gasteiger charge is 2.64. The lowest BCUT2D eigenvalue weighted by molar-refractivity contribution is -0.154. The van der Waals surface area contributed by atoms with Gasteiger partial charge in [0.2, 0.25) is 0 Å². The van der Waals surface area contributed by atoms with E-state index in [1.54, 1.807) is 19.9 Å². The molecule has 2 fully saturated rings. The first-order valence-electron chi connectivity index (χ1n) is 7.04. The van der Waals surface area contributed by atoms with Crippen LogP contribution >= 0.6 is 0 Å². The van der Waals surface area contributed by atoms with Gasteiger partial charge in [-0.3, -0.25) is 14.4 Å². The molecule has 1 aromatic carbocycles. The van der Waals surface area contributed by atoms with E-state index < -0.39 is 29.7 Å². The molecule has 5 unspecified atom stereocenters. The number of hydrogen-bond acceptors (Lipinski definition) is 5. The summed E-state index contributed by atoms with van der Waals surface area (Å²) in [6, 6.07) is 3.40. The Morgan fingerprint density at radius 3 is 2.38 bits per heavy atom. The number of benzene rings is 1. The molecule has 2 bridgehead atoms. The smallest absolute Gasteiger partial charge is 0.318 e. The zero-order chi connectivity index (χ0) is 15.0. The minimum absolute atomic E-state index is 0.0383. The molecule has 0 spiro atoms. The van der Waals surface area contributed by atoms with Gasteiger partial charge in [-0.2, -0.15) is 0 Å². The number of rotatable bonds is 0. The number of cyclic esters (lactones) is 2. The molecule has 0 aromatic heterocycles. The molecule has 21 heavy (non-hydrogen) atoms. The second-order valence-corrected chi connectivity index (χ2v) is 6.25. The van der Waals surface area contributed by atoms with E-state index in [0.717, 1.165) is 5.56 Å². The van der Waals surface area contributed by atoms with Gasteiger partial charge in [-0.25, -0.2) is 0 Å². The van der Waals surface area contributed by atoms with E-state index in [0.29, 0.717) is 11.1 Å². The minimum atomic E-state index is -0.721. The number of ether oxygens (including phenoxy) is 1. The highest BCUT2D eigenvalue weighted by atomic mass is 16.6. The van der Waals surface area contributed by atoms with Crippen LogP contribution in [-0.4, -0.2) is 22.8 Å². The molecule has 5 nitrogen and oxygen atoms in total. The third-order valence-corrected chi connectivity index (χ3v) is 5.27. The maximum atomic E-state index is 12.5. The van der Waals surface area contributed by atoms with Gasteiger partial charge in [0, 0.05) is 11.8 Å². The van der Waals surface area contributed by atoms with Crippen LogP contribution in [0.5, 0.6) is 5.75 Å². The molecule has 1 saturated carbocycles. The Morgan fingerprint density at radius 2 is 1.67 bits per heavy atom. The number of ketones is 1. The Labute approximate surface area is 120 Å². The molecule has 1 saturated heterocycles. The Kier molecular flexibility index (Phi) is 2.23. The number of aryl methyl sites for hydroxylation is 1. The Morgan fingerprint density at radius 1 is 1.00 bits per heavy atom. The number of carbonyl (C=O) groups is 3. The van der Waals surface area contributed by atoms with Crippen LogP contribution in [0, 0.1) is 24.7 Å². The first-order chi connectivity index (χ1) is 9.91. The van der Waals surface area contributed by atoms with Gasteiger partial charge in [-0.1, -0.05) is 13.0 Å². The van der Waals surface area contributed by atoms with Crippen molar-refractivity contribution in [3.05, 3.63) is 28.8 Å². The molecule has 0 amide bonds. The van der Waals surface area contributed by atoms with Gasteiger partial charge in [0.25, 0.3) is 0 Å². The fraction of sp³-hybridized carbons (Fsp3) is 0.438. The van der Waals surface area contributed by atoms with Gasteiger partial charge in [-0.15, -0.1) is 0 Å². The lowest BCUT2D eigenvalue weighted by Gasteiger charge is -2.46. The van der Waals surface area contributed by atoms with Crippen molar-refractivity contribution in [3.8, 4) is 5.75 Å². The first-order valence-corrected chi connectivity index (χ1v) is 7.04.